The maximum Gasteiger partial charge on any atom is 0.233 e. The topological polar surface area (TPSA) is 4.36 Å². The smallest absolute Gasteiger partial charge is 0.233 e. The molecular formula is C16H25N. The molecule has 0 N–H and O–H groups in total. The maximum atomic E-state index is 6.71. The van der Waals surface area contributed by atoms with E-state index in [1.165, 1.54) is 16.7 Å². The SMILES string of the molecule is [C-]#[N+]C/C=C(\C)CC/C=C(\C)CCC=C(C)C. The fraction of sp³-hybridized carbons (Fsp3) is 0.562. The minimum atomic E-state index is 0.523. The van der Waals surface area contributed by atoms with E-state index in [9.17, 15) is 0 Å². The molecule has 0 fully saturated rings. The molecule has 0 aliphatic carbocycles. The normalized spacial score (nSPS) is 12.2. The fourth-order valence-corrected chi connectivity index (χ4v) is 1.54. The third kappa shape index (κ3) is 11.0. The molecule has 0 bridgehead atoms. The van der Waals surface area contributed by atoms with Crippen molar-refractivity contribution in [2.24, 2.45) is 0 Å². The van der Waals surface area contributed by atoms with E-state index in [1.54, 1.807) is 0 Å². The van der Waals surface area contributed by atoms with Crippen LogP contribution in [-0.2, 0) is 0 Å². The minimum Gasteiger partial charge on any atom is -0.312 e. The Balaban J connectivity index is 3.85. The molecule has 0 aromatic heterocycles. The lowest BCUT2D eigenvalue weighted by Crippen LogP contribution is -1.81. The number of hydrogen-bond acceptors (Lipinski definition) is 0. The van der Waals surface area contributed by atoms with Gasteiger partial charge in [0.15, 0.2) is 0 Å². The number of nitrogens with zero attached hydrogens (tertiary/aromatic N) is 1. The first-order valence-corrected chi connectivity index (χ1v) is 6.34. The van der Waals surface area contributed by atoms with Crippen LogP contribution in [0.1, 0.15) is 53.4 Å². The monoisotopic (exact) mass is 231 g/mol. The summed E-state index contributed by atoms with van der Waals surface area (Å²) >= 11 is 0. The van der Waals surface area contributed by atoms with Gasteiger partial charge < -0.3 is 4.85 Å². The summed E-state index contributed by atoms with van der Waals surface area (Å²) < 4.78 is 0. The highest BCUT2D eigenvalue weighted by atomic mass is 14.6. The van der Waals surface area contributed by atoms with Gasteiger partial charge in [-0.2, -0.15) is 0 Å². The van der Waals surface area contributed by atoms with E-state index in [-0.39, 0.29) is 0 Å². The molecule has 1 heteroatoms. The molecule has 0 saturated carbocycles. The Kier molecular flexibility index (Phi) is 9.15. The molecule has 0 heterocycles. The minimum absolute atomic E-state index is 0.523. The second kappa shape index (κ2) is 9.90. The van der Waals surface area contributed by atoms with Gasteiger partial charge in [0.25, 0.3) is 0 Å². The standard InChI is InChI=1S/C16H25N/c1-14(2)8-6-9-15(3)10-7-11-16(4)12-13-17-5/h8,10,12H,6-7,9,11,13H2,1-4H3/b15-10+,16-12+. The van der Waals surface area contributed by atoms with Gasteiger partial charge in [0.1, 0.15) is 0 Å². The summed E-state index contributed by atoms with van der Waals surface area (Å²) in [5.41, 5.74) is 4.20. The third-order valence-electron chi connectivity index (χ3n) is 2.65. The Morgan fingerprint density at radius 2 is 1.41 bits per heavy atom. The summed E-state index contributed by atoms with van der Waals surface area (Å²) in [5.74, 6) is 0. The van der Waals surface area contributed by atoms with Crippen LogP contribution in [0.2, 0.25) is 0 Å². The zero-order valence-corrected chi connectivity index (χ0v) is 11.7. The molecule has 0 amide bonds. The van der Waals surface area contributed by atoms with Crippen molar-refractivity contribution >= 4 is 0 Å². The molecule has 0 saturated heterocycles. The second-order valence-corrected chi connectivity index (χ2v) is 4.80. The van der Waals surface area contributed by atoms with Crippen molar-refractivity contribution in [1.82, 2.24) is 0 Å². The van der Waals surface area contributed by atoms with Crippen molar-refractivity contribution in [3.05, 3.63) is 46.4 Å². The van der Waals surface area contributed by atoms with E-state index in [0.717, 1.165) is 25.7 Å². The van der Waals surface area contributed by atoms with Crippen LogP contribution < -0.4 is 0 Å². The van der Waals surface area contributed by atoms with Crippen molar-refractivity contribution in [3.63, 3.8) is 0 Å². The molecule has 0 spiro atoms. The molecule has 1 nitrogen and oxygen atoms in total. The summed E-state index contributed by atoms with van der Waals surface area (Å²) in [4.78, 5) is 3.33. The average molecular weight is 231 g/mol. The highest BCUT2D eigenvalue weighted by molar-refractivity contribution is 5.06. The fourth-order valence-electron chi connectivity index (χ4n) is 1.54. The maximum absolute atomic E-state index is 6.71. The molecule has 0 aliphatic heterocycles. The summed E-state index contributed by atoms with van der Waals surface area (Å²) in [6.45, 7) is 15.8. The van der Waals surface area contributed by atoms with Crippen LogP contribution in [-0.4, -0.2) is 6.54 Å². The molecule has 0 rings (SSSR count). The lowest BCUT2D eigenvalue weighted by molar-refractivity contribution is 0.916. The van der Waals surface area contributed by atoms with E-state index < -0.39 is 0 Å². The largest absolute Gasteiger partial charge is 0.312 e. The van der Waals surface area contributed by atoms with Crippen LogP contribution in [0.15, 0.2) is 34.9 Å². The molecule has 17 heavy (non-hydrogen) atoms. The zero-order chi connectivity index (χ0) is 13.1. The molecule has 0 radical (unpaired) electrons. The van der Waals surface area contributed by atoms with Crippen molar-refractivity contribution in [2.45, 2.75) is 53.4 Å². The van der Waals surface area contributed by atoms with Crippen LogP contribution in [0.3, 0.4) is 0 Å². The molecule has 0 aromatic rings. The predicted molar refractivity (Wildman–Crippen MR) is 76.9 cm³/mol. The first-order valence-electron chi connectivity index (χ1n) is 6.34. The summed E-state index contributed by atoms with van der Waals surface area (Å²) in [6, 6.07) is 0. The third-order valence-corrected chi connectivity index (χ3v) is 2.65. The van der Waals surface area contributed by atoms with Crippen molar-refractivity contribution < 1.29 is 0 Å². The van der Waals surface area contributed by atoms with E-state index in [1.807, 2.05) is 6.08 Å². The Bertz CT molecular complexity index is 333. The quantitative estimate of drug-likeness (QED) is 0.412. The highest BCUT2D eigenvalue weighted by Crippen LogP contribution is 2.11. The molecule has 0 aliphatic rings. The lowest BCUT2D eigenvalue weighted by Gasteiger charge is -2.00. The number of allylic oxidation sites excluding steroid dienone is 5. The van der Waals surface area contributed by atoms with Crippen LogP contribution in [0.5, 0.6) is 0 Å². The van der Waals surface area contributed by atoms with Crippen LogP contribution in [0.25, 0.3) is 4.85 Å². The van der Waals surface area contributed by atoms with Gasteiger partial charge in [0.2, 0.25) is 6.54 Å². The van der Waals surface area contributed by atoms with E-state index >= 15 is 0 Å². The van der Waals surface area contributed by atoms with Gasteiger partial charge in [0.05, 0.1) is 0 Å². The van der Waals surface area contributed by atoms with Gasteiger partial charge in [-0.3, -0.25) is 0 Å². The van der Waals surface area contributed by atoms with Gasteiger partial charge in [-0.25, -0.2) is 6.57 Å². The summed E-state index contributed by atoms with van der Waals surface area (Å²) in [5, 5.41) is 0. The van der Waals surface area contributed by atoms with Crippen LogP contribution in [0, 0.1) is 6.57 Å². The Morgan fingerprint density at radius 1 is 0.882 bits per heavy atom. The molecular weight excluding hydrogens is 206 g/mol. The first-order chi connectivity index (χ1) is 8.06. The predicted octanol–water partition coefficient (Wildman–Crippen LogP) is 5.32. The zero-order valence-electron chi connectivity index (χ0n) is 11.7. The van der Waals surface area contributed by atoms with Gasteiger partial charge in [0, 0.05) is 0 Å². The van der Waals surface area contributed by atoms with E-state index in [4.69, 9.17) is 6.57 Å². The second-order valence-electron chi connectivity index (χ2n) is 4.80. The van der Waals surface area contributed by atoms with Gasteiger partial charge >= 0.3 is 0 Å². The molecule has 0 atom stereocenters. The van der Waals surface area contributed by atoms with E-state index in [2.05, 4.69) is 44.7 Å². The van der Waals surface area contributed by atoms with Gasteiger partial charge in [-0.05, 0) is 59.5 Å². The van der Waals surface area contributed by atoms with Gasteiger partial charge in [-0.1, -0.05) is 28.9 Å². The van der Waals surface area contributed by atoms with Crippen LogP contribution >= 0.6 is 0 Å². The number of rotatable bonds is 7. The van der Waals surface area contributed by atoms with Crippen molar-refractivity contribution in [3.8, 4) is 0 Å². The number of hydrogen-bond donors (Lipinski definition) is 0. The van der Waals surface area contributed by atoms with Crippen molar-refractivity contribution in [1.29, 1.82) is 0 Å². The lowest BCUT2D eigenvalue weighted by atomic mass is 10.1. The summed E-state index contributed by atoms with van der Waals surface area (Å²) in [7, 11) is 0. The van der Waals surface area contributed by atoms with Crippen molar-refractivity contribution in [2.75, 3.05) is 6.54 Å². The molecule has 0 aromatic carbocycles. The Morgan fingerprint density at radius 3 is 1.94 bits per heavy atom. The van der Waals surface area contributed by atoms with E-state index in [0.29, 0.717) is 6.54 Å². The molecule has 94 valence electrons. The van der Waals surface area contributed by atoms with Crippen LogP contribution in [0.4, 0.5) is 0 Å². The average Bonchev–Trinajstić information content (AvgIpc) is 2.25. The highest BCUT2D eigenvalue weighted by Gasteiger charge is 1.92. The Labute approximate surface area is 107 Å². The first kappa shape index (κ1) is 15.7. The Hall–Kier alpha value is -1.29. The molecule has 0 unspecified atom stereocenters. The summed E-state index contributed by atoms with van der Waals surface area (Å²) in [6.07, 6.45) is 11.1. The van der Waals surface area contributed by atoms with Gasteiger partial charge in [-0.15, -0.1) is 0 Å².